The third kappa shape index (κ3) is 3.88. The van der Waals surface area contributed by atoms with Crippen molar-refractivity contribution >= 4 is 11.6 Å². The van der Waals surface area contributed by atoms with Crippen LogP contribution in [0.2, 0.25) is 0 Å². The van der Waals surface area contributed by atoms with Crippen molar-refractivity contribution in [1.82, 2.24) is 0 Å². The molecule has 116 valence electrons. The van der Waals surface area contributed by atoms with Crippen molar-refractivity contribution in [2.75, 3.05) is 11.9 Å². The van der Waals surface area contributed by atoms with E-state index in [1.165, 1.54) is 5.56 Å². The first-order chi connectivity index (χ1) is 10.5. The molecule has 22 heavy (non-hydrogen) atoms. The molecule has 3 heteroatoms. The number of anilines is 1. The topological polar surface area (TPSA) is 38.3 Å². The van der Waals surface area contributed by atoms with Gasteiger partial charge in [0.1, 0.15) is 5.75 Å². The van der Waals surface area contributed by atoms with Gasteiger partial charge in [-0.3, -0.25) is 4.79 Å². The van der Waals surface area contributed by atoms with Crippen LogP contribution in [-0.4, -0.2) is 12.5 Å². The van der Waals surface area contributed by atoms with E-state index in [2.05, 4.69) is 31.3 Å². The number of aryl methyl sites for hydroxylation is 3. The molecule has 0 saturated carbocycles. The molecule has 0 aliphatic rings. The van der Waals surface area contributed by atoms with Crippen molar-refractivity contribution in [2.45, 2.75) is 34.1 Å². The average molecular weight is 297 g/mol. The zero-order valence-electron chi connectivity index (χ0n) is 13.7. The Kier molecular flexibility index (Phi) is 5.21. The summed E-state index contributed by atoms with van der Waals surface area (Å²) in [7, 11) is 0. The summed E-state index contributed by atoms with van der Waals surface area (Å²) in [5, 5.41) is 3.00. The van der Waals surface area contributed by atoms with Crippen molar-refractivity contribution < 1.29 is 9.53 Å². The van der Waals surface area contributed by atoms with Gasteiger partial charge in [-0.05, 0) is 62.6 Å². The molecule has 0 bridgehead atoms. The lowest BCUT2D eigenvalue weighted by Gasteiger charge is -2.13. The fourth-order valence-corrected chi connectivity index (χ4v) is 2.49. The van der Waals surface area contributed by atoms with Gasteiger partial charge in [0.25, 0.3) is 5.91 Å². The van der Waals surface area contributed by atoms with Crippen LogP contribution in [0.25, 0.3) is 0 Å². The molecule has 2 rings (SSSR count). The number of ether oxygens (including phenoxy) is 1. The molecular weight excluding hydrogens is 274 g/mol. The second-order valence-electron chi connectivity index (χ2n) is 5.60. The van der Waals surface area contributed by atoms with E-state index in [0.29, 0.717) is 12.2 Å². The minimum Gasteiger partial charge on any atom is -0.494 e. The molecule has 0 radical (unpaired) electrons. The predicted molar refractivity (Wildman–Crippen MR) is 90.8 cm³/mol. The Morgan fingerprint density at radius 3 is 2.18 bits per heavy atom. The van der Waals surface area contributed by atoms with Gasteiger partial charge in [-0.1, -0.05) is 24.6 Å². The first kappa shape index (κ1) is 16.1. The summed E-state index contributed by atoms with van der Waals surface area (Å²) in [6.07, 6.45) is 0.966. The zero-order chi connectivity index (χ0) is 16.1. The monoisotopic (exact) mass is 297 g/mol. The number of nitrogens with one attached hydrogen (secondary N) is 1. The Morgan fingerprint density at radius 1 is 1.05 bits per heavy atom. The molecule has 0 saturated heterocycles. The summed E-state index contributed by atoms with van der Waals surface area (Å²) in [6.45, 7) is 8.83. The lowest BCUT2D eigenvalue weighted by molar-refractivity contribution is 0.102. The third-order valence-electron chi connectivity index (χ3n) is 3.50. The highest BCUT2D eigenvalue weighted by Gasteiger charge is 2.10. The van der Waals surface area contributed by atoms with Gasteiger partial charge in [-0.25, -0.2) is 0 Å². The van der Waals surface area contributed by atoms with Crippen LogP contribution < -0.4 is 10.1 Å². The number of amides is 1. The van der Waals surface area contributed by atoms with Gasteiger partial charge in [0, 0.05) is 11.3 Å². The number of hydrogen-bond donors (Lipinski definition) is 1. The Bertz CT molecular complexity index is 637. The molecule has 1 amide bonds. The normalized spacial score (nSPS) is 10.4. The van der Waals surface area contributed by atoms with E-state index in [-0.39, 0.29) is 5.91 Å². The Labute approximate surface area is 132 Å². The van der Waals surface area contributed by atoms with E-state index < -0.39 is 0 Å². The number of benzene rings is 2. The van der Waals surface area contributed by atoms with Gasteiger partial charge in [-0.2, -0.15) is 0 Å². The molecule has 0 unspecified atom stereocenters. The Morgan fingerprint density at radius 2 is 1.64 bits per heavy atom. The van der Waals surface area contributed by atoms with Crippen LogP contribution in [-0.2, 0) is 0 Å². The molecule has 0 atom stereocenters. The SMILES string of the molecule is CCCOc1ccc(C(=O)Nc2c(C)cc(C)cc2C)cc1. The highest BCUT2D eigenvalue weighted by Crippen LogP contribution is 2.23. The summed E-state index contributed by atoms with van der Waals surface area (Å²) in [4.78, 5) is 12.4. The Hall–Kier alpha value is -2.29. The molecule has 2 aromatic rings. The van der Waals surface area contributed by atoms with Crippen LogP contribution in [0, 0.1) is 20.8 Å². The molecular formula is C19H23NO2. The molecule has 0 fully saturated rings. The maximum Gasteiger partial charge on any atom is 0.255 e. The highest BCUT2D eigenvalue weighted by atomic mass is 16.5. The van der Waals surface area contributed by atoms with Crippen molar-refractivity contribution in [3.63, 3.8) is 0 Å². The van der Waals surface area contributed by atoms with Crippen molar-refractivity contribution in [1.29, 1.82) is 0 Å². The van der Waals surface area contributed by atoms with Crippen LogP contribution in [0.4, 0.5) is 5.69 Å². The van der Waals surface area contributed by atoms with Gasteiger partial charge >= 0.3 is 0 Å². The van der Waals surface area contributed by atoms with Gasteiger partial charge in [0.15, 0.2) is 0 Å². The van der Waals surface area contributed by atoms with E-state index in [4.69, 9.17) is 4.74 Å². The minimum absolute atomic E-state index is 0.0999. The van der Waals surface area contributed by atoms with E-state index in [1.807, 2.05) is 26.0 Å². The largest absolute Gasteiger partial charge is 0.494 e. The van der Waals surface area contributed by atoms with E-state index in [0.717, 1.165) is 29.0 Å². The fourth-order valence-electron chi connectivity index (χ4n) is 2.49. The second kappa shape index (κ2) is 7.12. The van der Waals surface area contributed by atoms with Crippen LogP contribution in [0.1, 0.15) is 40.4 Å². The molecule has 3 nitrogen and oxygen atoms in total. The lowest BCUT2D eigenvalue weighted by atomic mass is 10.0. The van der Waals surface area contributed by atoms with Crippen molar-refractivity contribution in [3.05, 3.63) is 58.7 Å². The molecule has 0 aliphatic heterocycles. The molecule has 0 aliphatic carbocycles. The fraction of sp³-hybridized carbons (Fsp3) is 0.316. The summed E-state index contributed by atoms with van der Waals surface area (Å²) < 4.78 is 5.53. The standard InChI is InChI=1S/C19H23NO2/c1-5-10-22-17-8-6-16(7-9-17)19(21)20-18-14(3)11-13(2)12-15(18)4/h6-9,11-12H,5,10H2,1-4H3,(H,20,21). The first-order valence-corrected chi connectivity index (χ1v) is 7.63. The predicted octanol–water partition coefficient (Wildman–Crippen LogP) is 4.65. The zero-order valence-corrected chi connectivity index (χ0v) is 13.7. The van der Waals surface area contributed by atoms with Crippen molar-refractivity contribution in [3.8, 4) is 5.75 Å². The molecule has 0 heterocycles. The van der Waals surface area contributed by atoms with Crippen LogP contribution in [0.5, 0.6) is 5.75 Å². The van der Waals surface area contributed by atoms with E-state index >= 15 is 0 Å². The Balaban J connectivity index is 2.12. The van der Waals surface area contributed by atoms with E-state index in [1.54, 1.807) is 12.1 Å². The van der Waals surface area contributed by atoms with E-state index in [9.17, 15) is 4.79 Å². The van der Waals surface area contributed by atoms with Gasteiger partial charge in [0.05, 0.1) is 6.61 Å². The van der Waals surface area contributed by atoms with Gasteiger partial charge < -0.3 is 10.1 Å². The van der Waals surface area contributed by atoms with Crippen LogP contribution >= 0.6 is 0 Å². The van der Waals surface area contributed by atoms with Crippen molar-refractivity contribution in [2.24, 2.45) is 0 Å². The highest BCUT2D eigenvalue weighted by molar-refractivity contribution is 6.05. The summed E-state index contributed by atoms with van der Waals surface area (Å²) in [5.41, 5.74) is 4.87. The molecule has 0 spiro atoms. The van der Waals surface area contributed by atoms with Crippen LogP contribution in [0.15, 0.2) is 36.4 Å². The number of carbonyl (C=O) groups is 1. The summed E-state index contributed by atoms with van der Waals surface area (Å²) in [6, 6.07) is 11.4. The molecule has 0 aromatic heterocycles. The maximum atomic E-state index is 12.4. The molecule has 1 N–H and O–H groups in total. The first-order valence-electron chi connectivity index (χ1n) is 7.63. The van der Waals surface area contributed by atoms with Gasteiger partial charge in [0.2, 0.25) is 0 Å². The summed E-state index contributed by atoms with van der Waals surface area (Å²) in [5.74, 6) is 0.693. The maximum absolute atomic E-state index is 12.4. The number of hydrogen-bond acceptors (Lipinski definition) is 2. The number of rotatable bonds is 5. The minimum atomic E-state index is -0.0999. The third-order valence-corrected chi connectivity index (χ3v) is 3.50. The molecule has 2 aromatic carbocycles. The quantitative estimate of drug-likeness (QED) is 0.872. The lowest BCUT2D eigenvalue weighted by Crippen LogP contribution is -2.14. The second-order valence-corrected chi connectivity index (χ2v) is 5.60. The summed E-state index contributed by atoms with van der Waals surface area (Å²) >= 11 is 0. The smallest absolute Gasteiger partial charge is 0.255 e. The van der Waals surface area contributed by atoms with Crippen LogP contribution in [0.3, 0.4) is 0 Å². The average Bonchev–Trinajstić information content (AvgIpc) is 2.49. The van der Waals surface area contributed by atoms with Gasteiger partial charge in [-0.15, -0.1) is 0 Å². The number of carbonyl (C=O) groups excluding carboxylic acids is 1.